The zero-order chi connectivity index (χ0) is 11.3. The van der Waals surface area contributed by atoms with E-state index in [1.165, 1.54) is 0 Å². The van der Waals surface area contributed by atoms with E-state index in [-0.39, 0.29) is 6.04 Å². The minimum Gasteiger partial charge on any atom is -0.387 e. The molecule has 0 aliphatic rings. The van der Waals surface area contributed by atoms with Crippen molar-refractivity contribution in [3.05, 3.63) is 34.9 Å². The summed E-state index contributed by atoms with van der Waals surface area (Å²) in [7, 11) is 1.86. The Morgan fingerprint density at radius 1 is 1.53 bits per heavy atom. The van der Waals surface area contributed by atoms with Crippen molar-refractivity contribution in [3.63, 3.8) is 0 Å². The molecule has 1 aromatic carbocycles. The quantitative estimate of drug-likeness (QED) is 0.712. The van der Waals surface area contributed by atoms with Gasteiger partial charge in [-0.2, -0.15) is 0 Å². The molecule has 84 valence electrons. The van der Waals surface area contributed by atoms with Gasteiger partial charge in [-0.15, -0.1) is 0 Å². The summed E-state index contributed by atoms with van der Waals surface area (Å²) >= 11 is 5.83. The maximum absolute atomic E-state index is 9.93. The fraction of sp³-hybridized carbons (Fsp3) is 0.455. The predicted octanol–water partition coefficient (Wildman–Crippen LogP) is 1.31. The van der Waals surface area contributed by atoms with Crippen LogP contribution in [0.2, 0.25) is 5.02 Å². The predicted molar refractivity (Wildman–Crippen MR) is 62.9 cm³/mol. The first-order valence-electron chi connectivity index (χ1n) is 4.99. The monoisotopic (exact) mass is 228 g/mol. The molecule has 15 heavy (non-hydrogen) atoms. The second kappa shape index (κ2) is 6.08. The van der Waals surface area contributed by atoms with Crippen LogP contribution in [0.4, 0.5) is 0 Å². The van der Waals surface area contributed by atoms with Crippen molar-refractivity contribution < 1.29 is 5.11 Å². The summed E-state index contributed by atoms with van der Waals surface area (Å²) in [6.07, 6.45) is 0.0709. The highest BCUT2D eigenvalue weighted by atomic mass is 35.5. The first-order chi connectivity index (χ1) is 7.15. The Bertz CT molecular complexity index is 306. The maximum Gasteiger partial charge on any atom is 0.0941 e. The lowest BCUT2D eigenvalue weighted by molar-refractivity contribution is 0.142. The van der Waals surface area contributed by atoms with E-state index in [0.717, 1.165) is 18.5 Å². The Balaban J connectivity index is 2.62. The molecule has 4 heteroatoms. The largest absolute Gasteiger partial charge is 0.387 e. The summed E-state index contributed by atoms with van der Waals surface area (Å²) in [5.41, 5.74) is 6.62. The lowest BCUT2D eigenvalue weighted by Gasteiger charge is -2.19. The summed E-state index contributed by atoms with van der Waals surface area (Å²) in [4.78, 5) is 0. The van der Waals surface area contributed by atoms with Crippen LogP contribution in [-0.4, -0.2) is 24.7 Å². The molecule has 0 aromatic heterocycles. The van der Waals surface area contributed by atoms with E-state index < -0.39 is 6.10 Å². The highest BCUT2D eigenvalue weighted by Crippen LogP contribution is 2.20. The number of nitrogens with two attached hydrogens (primary N) is 1. The highest BCUT2D eigenvalue weighted by molar-refractivity contribution is 6.30. The van der Waals surface area contributed by atoms with E-state index in [4.69, 9.17) is 17.3 Å². The molecule has 2 unspecified atom stereocenters. The highest BCUT2D eigenvalue weighted by Gasteiger charge is 2.16. The molecule has 0 saturated carbocycles. The number of nitrogens with one attached hydrogen (secondary N) is 1. The van der Waals surface area contributed by atoms with Crippen LogP contribution < -0.4 is 11.1 Å². The second-order valence-corrected chi connectivity index (χ2v) is 3.99. The number of aliphatic hydroxyl groups excluding tert-OH is 1. The smallest absolute Gasteiger partial charge is 0.0941 e. The Morgan fingerprint density at radius 2 is 2.27 bits per heavy atom. The molecule has 0 aliphatic heterocycles. The van der Waals surface area contributed by atoms with Crippen molar-refractivity contribution in [2.45, 2.75) is 18.6 Å². The first-order valence-corrected chi connectivity index (χ1v) is 5.36. The summed E-state index contributed by atoms with van der Waals surface area (Å²) in [5, 5.41) is 13.5. The molecule has 1 rings (SSSR count). The van der Waals surface area contributed by atoms with E-state index in [1.807, 2.05) is 19.2 Å². The number of halogens is 1. The zero-order valence-corrected chi connectivity index (χ0v) is 9.54. The van der Waals surface area contributed by atoms with Gasteiger partial charge in [-0.25, -0.2) is 0 Å². The minimum atomic E-state index is -0.656. The zero-order valence-electron chi connectivity index (χ0n) is 8.78. The van der Waals surface area contributed by atoms with Crippen LogP contribution in [0, 0.1) is 0 Å². The Hall–Kier alpha value is -0.610. The van der Waals surface area contributed by atoms with Gasteiger partial charge in [0.2, 0.25) is 0 Å². The SMILES string of the molecule is CNCCC(N)C(O)c1cccc(Cl)c1. The molecule has 4 N–H and O–H groups in total. The number of rotatable bonds is 5. The van der Waals surface area contributed by atoms with Crippen molar-refractivity contribution in [2.75, 3.05) is 13.6 Å². The van der Waals surface area contributed by atoms with Gasteiger partial charge in [-0.05, 0) is 37.7 Å². The molecule has 0 bridgehead atoms. The van der Waals surface area contributed by atoms with Gasteiger partial charge in [-0.3, -0.25) is 0 Å². The van der Waals surface area contributed by atoms with Crippen LogP contribution in [0.5, 0.6) is 0 Å². The summed E-state index contributed by atoms with van der Waals surface area (Å²) in [6, 6.07) is 6.89. The van der Waals surface area contributed by atoms with Crippen molar-refractivity contribution in [3.8, 4) is 0 Å². The third kappa shape index (κ3) is 3.80. The number of aliphatic hydroxyl groups is 1. The third-order valence-corrected chi connectivity index (χ3v) is 2.56. The second-order valence-electron chi connectivity index (χ2n) is 3.56. The fourth-order valence-electron chi connectivity index (χ4n) is 1.41. The molecule has 0 saturated heterocycles. The fourth-order valence-corrected chi connectivity index (χ4v) is 1.61. The number of hydrogen-bond donors (Lipinski definition) is 3. The van der Waals surface area contributed by atoms with Gasteiger partial charge >= 0.3 is 0 Å². The van der Waals surface area contributed by atoms with E-state index >= 15 is 0 Å². The summed E-state index contributed by atoms with van der Waals surface area (Å²) < 4.78 is 0. The van der Waals surface area contributed by atoms with Crippen molar-refractivity contribution in [1.29, 1.82) is 0 Å². The molecule has 3 nitrogen and oxygen atoms in total. The van der Waals surface area contributed by atoms with Crippen molar-refractivity contribution in [1.82, 2.24) is 5.32 Å². The third-order valence-electron chi connectivity index (χ3n) is 2.32. The normalized spacial score (nSPS) is 14.9. The number of benzene rings is 1. The van der Waals surface area contributed by atoms with Crippen LogP contribution >= 0.6 is 11.6 Å². The molecule has 0 fully saturated rings. The Morgan fingerprint density at radius 3 is 2.87 bits per heavy atom. The van der Waals surface area contributed by atoms with Gasteiger partial charge in [0.05, 0.1) is 6.10 Å². The van der Waals surface area contributed by atoms with Crippen LogP contribution in [0.1, 0.15) is 18.1 Å². The van der Waals surface area contributed by atoms with Gasteiger partial charge in [0.1, 0.15) is 0 Å². The molecule has 1 aromatic rings. The lowest BCUT2D eigenvalue weighted by Crippen LogP contribution is -2.31. The van der Waals surface area contributed by atoms with E-state index in [1.54, 1.807) is 12.1 Å². The van der Waals surface area contributed by atoms with Crippen LogP contribution in [-0.2, 0) is 0 Å². The molecule has 0 spiro atoms. The standard InChI is InChI=1S/C11H17ClN2O/c1-14-6-5-10(13)11(15)8-3-2-4-9(12)7-8/h2-4,7,10-11,14-15H,5-6,13H2,1H3. The lowest BCUT2D eigenvalue weighted by atomic mass is 10.0. The minimum absolute atomic E-state index is 0.268. The number of hydrogen-bond acceptors (Lipinski definition) is 3. The van der Waals surface area contributed by atoms with Gasteiger partial charge in [0.25, 0.3) is 0 Å². The molecular formula is C11H17ClN2O. The average molecular weight is 229 g/mol. The molecule has 0 aliphatic carbocycles. The van der Waals surface area contributed by atoms with E-state index in [2.05, 4.69) is 5.32 Å². The molecular weight excluding hydrogens is 212 g/mol. The van der Waals surface area contributed by atoms with Gasteiger partial charge in [-0.1, -0.05) is 23.7 Å². The maximum atomic E-state index is 9.93. The van der Waals surface area contributed by atoms with Crippen molar-refractivity contribution >= 4 is 11.6 Å². The van der Waals surface area contributed by atoms with Crippen LogP contribution in [0.25, 0.3) is 0 Å². The first kappa shape index (κ1) is 12.5. The Labute approximate surface area is 95.2 Å². The topological polar surface area (TPSA) is 58.3 Å². The molecule has 0 heterocycles. The summed E-state index contributed by atoms with van der Waals surface area (Å²) in [5.74, 6) is 0. The molecule has 2 atom stereocenters. The Kier molecular flexibility index (Phi) is 5.05. The van der Waals surface area contributed by atoms with E-state index in [0.29, 0.717) is 5.02 Å². The van der Waals surface area contributed by atoms with Gasteiger partial charge in [0.15, 0.2) is 0 Å². The van der Waals surface area contributed by atoms with E-state index in [9.17, 15) is 5.11 Å². The molecule has 0 radical (unpaired) electrons. The average Bonchev–Trinajstić information content (AvgIpc) is 2.24. The van der Waals surface area contributed by atoms with Gasteiger partial charge < -0.3 is 16.2 Å². The van der Waals surface area contributed by atoms with Gasteiger partial charge in [0, 0.05) is 11.1 Å². The molecule has 0 amide bonds. The van der Waals surface area contributed by atoms with Crippen LogP contribution in [0.15, 0.2) is 24.3 Å². The summed E-state index contributed by atoms with van der Waals surface area (Å²) in [6.45, 7) is 0.790. The van der Waals surface area contributed by atoms with Crippen LogP contribution in [0.3, 0.4) is 0 Å². The van der Waals surface area contributed by atoms with Crippen molar-refractivity contribution in [2.24, 2.45) is 5.73 Å².